The van der Waals surface area contributed by atoms with Crippen LogP contribution in [0, 0.1) is 6.92 Å². The van der Waals surface area contributed by atoms with Crippen molar-refractivity contribution in [2.45, 2.75) is 39.0 Å². The van der Waals surface area contributed by atoms with Crippen LogP contribution >= 0.6 is 11.8 Å². The van der Waals surface area contributed by atoms with Crippen LogP contribution in [0.25, 0.3) is 5.65 Å². The molecule has 22 heavy (non-hydrogen) atoms. The number of fused-ring (bicyclic) bond motifs is 1. The average molecular weight is 320 g/mol. The van der Waals surface area contributed by atoms with Crippen molar-refractivity contribution >= 4 is 23.4 Å². The first-order valence-electron chi connectivity index (χ1n) is 7.03. The molecule has 118 valence electrons. The molecule has 0 aliphatic carbocycles. The highest BCUT2D eigenvalue weighted by Gasteiger charge is 2.14. The molecule has 2 aromatic rings. The predicted molar refractivity (Wildman–Crippen MR) is 88.2 cm³/mol. The molecule has 2 heterocycles. The zero-order valence-electron chi connectivity index (χ0n) is 13.3. The number of thioether (sulfide) groups is 1. The van der Waals surface area contributed by atoms with Crippen molar-refractivity contribution in [3.05, 3.63) is 46.0 Å². The predicted octanol–water partition coefficient (Wildman–Crippen LogP) is 2.58. The Morgan fingerprint density at radius 1 is 1.36 bits per heavy atom. The highest BCUT2D eigenvalue weighted by molar-refractivity contribution is 8.01. The molecule has 0 bridgehead atoms. The third kappa shape index (κ3) is 4.59. The Hall–Kier alpha value is -1.82. The number of pyridine rings is 1. The largest absolute Gasteiger partial charge is 0.459 e. The number of nitrogens with zero attached hydrogens (tertiary/aromatic N) is 2. The smallest absolute Gasteiger partial charge is 0.316 e. The Bertz CT molecular complexity index is 747. The van der Waals surface area contributed by atoms with Crippen LogP contribution in [-0.4, -0.2) is 25.9 Å². The number of hydrogen-bond donors (Lipinski definition) is 0. The Balaban J connectivity index is 2.05. The highest BCUT2D eigenvalue weighted by atomic mass is 32.2. The summed E-state index contributed by atoms with van der Waals surface area (Å²) < 4.78 is 6.67. The minimum atomic E-state index is -0.300. The van der Waals surface area contributed by atoms with Gasteiger partial charge >= 0.3 is 5.97 Å². The van der Waals surface area contributed by atoms with E-state index >= 15 is 0 Å². The van der Waals surface area contributed by atoms with E-state index in [-0.39, 0.29) is 28.6 Å². The maximum atomic E-state index is 12.0. The van der Waals surface area contributed by atoms with Gasteiger partial charge in [0.15, 0.2) is 0 Å². The van der Waals surface area contributed by atoms with Gasteiger partial charge in [-0.25, -0.2) is 4.98 Å². The fraction of sp³-hybridized carbons (Fsp3) is 0.438. The van der Waals surface area contributed by atoms with Gasteiger partial charge in [-0.1, -0.05) is 26.8 Å². The molecule has 6 heteroatoms. The second-order valence-electron chi connectivity index (χ2n) is 6.08. The number of rotatable bonds is 4. The van der Waals surface area contributed by atoms with Gasteiger partial charge in [0.25, 0.3) is 5.56 Å². The lowest BCUT2D eigenvalue weighted by atomic mass is 10.3. The van der Waals surface area contributed by atoms with E-state index < -0.39 is 0 Å². The molecule has 0 fully saturated rings. The number of aromatic nitrogens is 2. The van der Waals surface area contributed by atoms with Crippen molar-refractivity contribution < 1.29 is 9.53 Å². The number of carbonyl (C=O) groups excluding carboxylic acids is 1. The first kappa shape index (κ1) is 16.5. The minimum Gasteiger partial charge on any atom is -0.459 e. The lowest BCUT2D eigenvalue weighted by Crippen LogP contribution is -2.18. The minimum absolute atomic E-state index is 0.0108. The van der Waals surface area contributed by atoms with E-state index in [1.807, 2.05) is 33.8 Å². The summed E-state index contributed by atoms with van der Waals surface area (Å²) >= 11 is 1.52. The zero-order valence-corrected chi connectivity index (χ0v) is 14.1. The maximum absolute atomic E-state index is 12.0. The molecule has 0 aromatic carbocycles. The van der Waals surface area contributed by atoms with E-state index in [2.05, 4.69) is 4.98 Å². The molecule has 0 unspecified atom stereocenters. The van der Waals surface area contributed by atoms with Crippen molar-refractivity contribution in [1.29, 1.82) is 0 Å². The molecular weight excluding hydrogens is 300 g/mol. The van der Waals surface area contributed by atoms with Gasteiger partial charge in [0.2, 0.25) is 0 Å². The van der Waals surface area contributed by atoms with E-state index in [4.69, 9.17) is 4.74 Å². The molecule has 2 aromatic heterocycles. The Kier molecular flexibility index (Phi) is 4.90. The van der Waals surface area contributed by atoms with Crippen LogP contribution in [0.4, 0.5) is 0 Å². The first-order chi connectivity index (χ1) is 10.2. The summed E-state index contributed by atoms with van der Waals surface area (Å²) in [6, 6.07) is 5.06. The average Bonchev–Trinajstić information content (AvgIpc) is 2.43. The zero-order chi connectivity index (χ0) is 16.3. The number of ether oxygens (including phenoxy) is 1. The SMILES string of the molecule is Cc1ccc2nc(COC(=O)CSC(C)(C)C)cc(=O)n2c1. The molecule has 0 radical (unpaired) electrons. The molecule has 0 aliphatic heterocycles. The molecule has 0 aliphatic rings. The Morgan fingerprint density at radius 3 is 2.77 bits per heavy atom. The van der Waals surface area contributed by atoms with Crippen molar-refractivity contribution in [2.24, 2.45) is 0 Å². The summed E-state index contributed by atoms with van der Waals surface area (Å²) in [5.41, 5.74) is 1.81. The molecule has 0 saturated heterocycles. The van der Waals surface area contributed by atoms with Gasteiger partial charge in [-0.3, -0.25) is 14.0 Å². The van der Waals surface area contributed by atoms with Crippen LogP contribution in [0.3, 0.4) is 0 Å². The summed E-state index contributed by atoms with van der Waals surface area (Å²) in [6.07, 6.45) is 1.74. The fourth-order valence-electron chi connectivity index (χ4n) is 1.80. The number of hydrogen-bond acceptors (Lipinski definition) is 5. The molecule has 0 amide bonds. The highest BCUT2D eigenvalue weighted by Crippen LogP contribution is 2.22. The van der Waals surface area contributed by atoms with Gasteiger partial charge in [-0.2, -0.15) is 0 Å². The number of aryl methyl sites for hydroxylation is 1. The van der Waals surface area contributed by atoms with E-state index in [0.717, 1.165) is 5.56 Å². The maximum Gasteiger partial charge on any atom is 0.316 e. The normalized spacial score (nSPS) is 11.6. The Labute approximate surface area is 133 Å². The van der Waals surface area contributed by atoms with Gasteiger partial charge in [0.05, 0.1) is 11.4 Å². The van der Waals surface area contributed by atoms with Gasteiger partial charge in [-0.15, -0.1) is 11.8 Å². The molecule has 0 N–H and O–H groups in total. The van der Waals surface area contributed by atoms with Gasteiger partial charge in [0, 0.05) is 17.0 Å². The van der Waals surface area contributed by atoms with Crippen molar-refractivity contribution in [3.8, 4) is 0 Å². The molecular formula is C16H20N2O3S. The van der Waals surface area contributed by atoms with E-state index in [9.17, 15) is 9.59 Å². The summed E-state index contributed by atoms with van der Waals surface area (Å²) in [5.74, 6) is -0.0132. The summed E-state index contributed by atoms with van der Waals surface area (Å²) in [7, 11) is 0. The Morgan fingerprint density at radius 2 is 2.09 bits per heavy atom. The summed E-state index contributed by atoms with van der Waals surface area (Å²) in [4.78, 5) is 28.1. The molecule has 2 rings (SSSR count). The van der Waals surface area contributed by atoms with Gasteiger partial charge in [0.1, 0.15) is 12.3 Å². The first-order valence-corrected chi connectivity index (χ1v) is 8.02. The molecule has 5 nitrogen and oxygen atoms in total. The van der Waals surface area contributed by atoms with Crippen LogP contribution < -0.4 is 5.56 Å². The van der Waals surface area contributed by atoms with Gasteiger partial charge < -0.3 is 4.74 Å². The summed E-state index contributed by atoms with van der Waals surface area (Å²) in [5, 5.41) is 0. The van der Waals surface area contributed by atoms with Crippen LogP contribution in [0.15, 0.2) is 29.2 Å². The van der Waals surface area contributed by atoms with Crippen LogP contribution in [-0.2, 0) is 16.1 Å². The van der Waals surface area contributed by atoms with Crippen molar-refractivity contribution in [3.63, 3.8) is 0 Å². The van der Waals surface area contributed by atoms with Gasteiger partial charge in [-0.05, 0) is 18.6 Å². The quantitative estimate of drug-likeness (QED) is 0.810. The van der Waals surface area contributed by atoms with Crippen molar-refractivity contribution in [2.75, 3.05) is 5.75 Å². The van der Waals surface area contributed by atoms with E-state index in [1.54, 1.807) is 12.3 Å². The topological polar surface area (TPSA) is 60.7 Å². The lowest BCUT2D eigenvalue weighted by molar-refractivity contribution is -0.141. The monoisotopic (exact) mass is 320 g/mol. The third-order valence-electron chi connectivity index (χ3n) is 2.86. The fourth-order valence-corrected chi connectivity index (χ4v) is 2.44. The van der Waals surface area contributed by atoms with Crippen molar-refractivity contribution in [1.82, 2.24) is 9.38 Å². The number of esters is 1. The number of carbonyl (C=O) groups is 1. The third-order valence-corrected chi connectivity index (χ3v) is 4.11. The second-order valence-corrected chi connectivity index (χ2v) is 7.88. The molecule has 0 atom stereocenters. The van der Waals surface area contributed by atoms with Crippen LogP contribution in [0.1, 0.15) is 32.0 Å². The second kappa shape index (κ2) is 6.52. The summed E-state index contributed by atoms with van der Waals surface area (Å²) in [6.45, 7) is 8.05. The molecule has 0 spiro atoms. The van der Waals surface area contributed by atoms with Crippen LogP contribution in [0.5, 0.6) is 0 Å². The van der Waals surface area contributed by atoms with Crippen LogP contribution in [0.2, 0.25) is 0 Å². The lowest BCUT2D eigenvalue weighted by Gasteiger charge is -2.16. The van der Waals surface area contributed by atoms with E-state index in [0.29, 0.717) is 11.3 Å². The van der Waals surface area contributed by atoms with E-state index in [1.165, 1.54) is 22.2 Å². The molecule has 0 saturated carbocycles. The standard InChI is InChI=1S/C16H20N2O3S/c1-11-5-6-13-17-12(7-14(19)18(13)8-11)9-21-15(20)10-22-16(2,3)4/h5-8H,9-10H2,1-4H3.